The van der Waals surface area contributed by atoms with Gasteiger partial charge in [-0.2, -0.15) is 0 Å². The van der Waals surface area contributed by atoms with Crippen molar-refractivity contribution in [1.82, 2.24) is 0 Å². The Kier molecular flexibility index (Phi) is 8.13. The SMILES string of the molecule is CC(C)(C)c1ccc2c(c1)C1(C)CCCCC1(C)N2c1cc2c3c(c1)N(C1(C)C=Cc4c(sc5ccccc45)C1)c1cccc4c1B3c1c(cccc1C4(C)C)N2c1ccc2c(c1)sc1ccccc12. The molecule has 3 unspecified atom stereocenters. The standard InChI is InChI=1S/C64H58BN3S2/c1-60(2,3)38-25-28-48-47(33-38)63(7)30-13-14-31-64(63,8)67(48)40-34-51-59-52(35-40)68(62(6)32-29-44-42-18-10-12-24-54(42)70-56(44)37-62)50-22-16-20-46-58(50)65(59)57-45(61(46,4)5)19-15-21-49(57)66(51)39-26-27-43-41-17-9-11-23-53(41)69-55(43)36-39/h9-12,15-29,32-36H,13-14,30-31,37H2,1-8H3. The van der Waals surface area contributed by atoms with Gasteiger partial charge in [0.2, 0.25) is 0 Å². The van der Waals surface area contributed by atoms with Crippen LogP contribution in [-0.2, 0) is 22.7 Å². The molecular weight excluding hydrogens is 886 g/mol. The van der Waals surface area contributed by atoms with Crippen molar-refractivity contribution in [3.8, 4) is 0 Å². The molecule has 3 nitrogen and oxygen atoms in total. The third-order valence-electron chi connectivity index (χ3n) is 18.7. The van der Waals surface area contributed by atoms with Gasteiger partial charge < -0.3 is 14.7 Å². The van der Waals surface area contributed by atoms with E-state index in [-0.39, 0.29) is 34.0 Å². The van der Waals surface area contributed by atoms with E-state index in [0.717, 1.165) is 12.8 Å². The number of benzene rings is 7. The molecule has 15 rings (SSSR count). The molecule has 1 fully saturated rings. The van der Waals surface area contributed by atoms with Crippen LogP contribution in [-0.4, -0.2) is 17.8 Å². The van der Waals surface area contributed by atoms with Gasteiger partial charge in [-0.15, -0.1) is 22.7 Å². The molecule has 7 aromatic carbocycles. The van der Waals surface area contributed by atoms with E-state index in [4.69, 9.17) is 0 Å². The quantitative estimate of drug-likeness (QED) is 0.163. The lowest BCUT2D eigenvalue weighted by Gasteiger charge is -2.54. The first-order valence-corrected chi connectivity index (χ1v) is 27.4. The van der Waals surface area contributed by atoms with Gasteiger partial charge in [-0.05, 0) is 136 Å². The van der Waals surface area contributed by atoms with Crippen LogP contribution in [0.4, 0.5) is 39.8 Å². The number of fused-ring (bicyclic) bond motifs is 9. The van der Waals surface area contributed by atoms with Crippen molar-refractivity contribution in [2.45, 2.75) is 115 Å². The molecule has 2 aromatic heterocycles. The average Bonchev–Trinajstić information content (AvgIpc) is 3.97. The predicted octanol–water partition coefficient (Wildman–Crippen LogP) is 15.7. The highest BCUT2D eigenvalue weighted by Crippen LogP contribution is 2.63. The van der Waals surface area contributed by atoms with Crippen molar-refractivity contribution in [3.05, 3.63) is 172 Å². The molecule has 0 bridgehead atoms. The van der Waals surface area contributed by atoms with E-state index in [2.05, 4.69) is 216 Å². The molecule has 0 spiro atoms. The number of hydrogen-bond acceptors (Lipinski definition) is 5. The van der Waals surface area contributed by atoms with E-state index >= 15 is 0 Å². The zero-order chi connectivity index (χ0) is 47.4. The molecular formula is C64H58BN3S2. The molecule has 6 aliphatic rings. The Labute approximate surface area is 421 Å². The first-order valence-electron chi connectivity index (χ1n) is 25.8. The van der Waals surface area contributed by atoms with Crippen LogP contribution in [0, 0.1) is 0 Å². The second kappa shape index (κ2) is 13.7. The van der Waals surface area contributed by atoms with Gasteiger partial charge in [0.05, 0.1) is 11.1 Å². The molecule has 3 atom stereocenters. The first-order chi connectivity index (χ1) is 33.7. The van der Waals surface area contributed by atoms with Gasteiger partial charge in [-0.25, -0.2) is 0 Å². The minimum atomic E-state index is -0.351. The fraction of sp³-hybridized carbons (Fsp3) is 0.281. The van der Waals surface area contributed by atoms with Crippen LogP contribution < -0.4 is 31.1 Å². The number of rotatable bonds is 3. The molecule has 6 heterocycles. The monoisotopic (exact) mass is 943 g/mol. The number of anilines is 7. The Morgan fingerprint density at radius 2 is 1.21 bits per heavy atom. The van der Waals surface area contributed by atoms with E-state index in [9.17, 15) is 0 Å². The van der Waals surface area contributed by atoms with Crippen molar-refractivity contribution in [3.63, 3.8) is 0 Å². The van der Waals surface area contributed by atoms with Crippen LogP contribution in [0.5, 0.6) is 0 Å². The van der Waals surface area contributed by atoms with Crippen LogP contribution >= 0.6 is 22.7 Å². The van der Waals surface area contributed by atoms with Crippen molar-refractivity contribution < 1.29 is 0 Å². The number of hydrogen-bond donors (Lipinski definition) is 0. The number of thiophene rings is 2. The van der Waals surface area contributed by atoms with Crippen LogP contribution in [0.1, 0.15) is 114 Å². The van der Waals surface area contributed by atoms with E-state index in [1.807, 2.05) is 22.7 Å². The summed E-state index contributed by atoms with van der Waals surface area (Å²) >= 11 is 3.91. The normalized spacial score (nSPS) is 23.3. The van der Waals surface area contributed by atoms with Gasteiger partial charge in [0, 0.05) is 86.8 Å². The largest absolute Gasteiger partial charge is 0.334 e. The molecule has 1 saturated carbocycles. The summed E-state index contributed by atoms with van der Waals surface area (Å²) in [7, 11) is 0. The maximum atomic E-state index is 2.85. The Hall–Kier alpha value is -6.08. The first kappa shape index (κ1) is 41.7. The average molecular weight is 944 g/mol. The van der Waals surface area contributed by atoms with Gasteiger partial charge in [0.1, 0.15) is 0 Å². The van der Waals surface area contributed by atoms with Crippen LogP contribution in [0.25, 0.3) is 36.3 Å². The lowest BCUT2D eigenvalue weighted by atomic mass is 9.28. The Balaban J connectivity index is 1.05. The van der Waals surface area contributed by atoms with Crippen molar-refractivity contribution in [2.24, 2.45) is 0 Å². The highest BCUT2D eigenvalue weighted by molar-refractivity contribution is 7.25. The highest BCUT2D eigenvalue weighted by Gasteiger charge is 2.59. The minimum absolute atomic E-state index is 0.00577. The van der Waals surface area contributed by atoms with E-state index in [1.165, 1.54) is 138 Å². The Bertz CT molecular complexity index is 3830. The van der Waals surface area contributed by atoms with Gasteiger partial charge in [-0.3, -0.25) is 0 Å². The lowest BCUT2D eigenvalue weighted by Crippen LogP contribution is -2.69. The smallest absolute Gasteiger partial charge is 0.252 e. The summed E-state index contributed by atoms with van der Waals surface area (Å²) in [5.74, 6) is 0. The van der Waals surface area contributed by atoms with Crippen molar-refractivity contribution >= 4 is 122 Å². The molecule has 6 heteroatoms. The molecule has 9 aromatic rings. The lowest BCUT2D eigenvalue weighted by molar-refractivity contribution is 0.195. The molecule has 0 saturated heterocycles. The second-order valence-corrected chi connectivity index (χ2v) is 26.0. The topological polar surface area (TPSA) is 9.72 Å². The maximum Gasteiger partial charge on any atom is 0.252 e. The molecule has 70 heavy (non-hydrogen) atoms. The fourth-order valence-corrected chi connectivity index (χ4v) is 17.4. The van der Waals surface area contributed by atoms with Crippen LogP contribution in [0.15, 0.2) is 140 Å². The summed E-state index contributed by atoms with van der Waals surface area (Å²) < 4.78 is 4.05. The Morgan fingerprint density at radius 1 is 0.529 bits per heavy atom. The predicted molar refractivity (Wildman–Crippen MR) is 304 cm³/mol. The number of nitrogens with zero attached hydrogens (tertiary/aromatic N) is 3. The summed E-state index contributed by atoms with van der Waals surface area (Å²) in [4.78, 5) is 9.85. The molecule has 0 amide bonds. The Morgan fingerprint density at radius 3 is 2.00 bits per heavy atom. The third kappa shape index (κ3) is 5.17. The third-order valence-corrected chi connectivity index (χ3v) is 21.0. The summed E-state index contributed by atoms with van der Waals surface area (Å²) in [5.41, 5.74) is 20.2. The van der Waals surface area contributed by atoms with Crippen molar-refractivity contribution in [1.29, 1.82) is 0 Å². The van der Waals surface area contributed by atoms with E-state index in [0.29, 0.717) is 0 Å². The summed E-state index contributed by atoms with van der Waals surface area (Å²) in [6.45, 7) is 19.9. The second-order valence-electron chi connectivity index (χ2n) is 23.8. The van der Waals surface area contributed by atoms with Gasteiger partial charge in [-0.1, -0.05) is 145 Å². The molecule has 4 aliphatic heterocycles. The molecule has 0 N–H and O–H groups in total. The molecule has 344 valence electrons. The minimum Gasteiger partial charge on any atom is -0.334 e. The summed E-state index contributed by atoms with van der Waals surface area (Å²) in [5, 5.41) is 4.05. The van der Waals surface area contributed by atoms with Gasteiger partial charge in [0.15, 0.2) is 0 Å². The zero-order valence-electron chi connectivity index (χ0n) is 41.6. The van der Waals surface area contributed by atoms with Crippen LogP contribution in [0.3, 0.4) is 0 Å². The van der Waals surface area contributed by atoms with Crippen molar-refractivity contribution in [2.75, 3.05) is 14.7 Å². The van der Waals surface area contributed by atoms with Gasteiger partial charge in [0.25, 0.3) is 6.71 Å². The van der Waals surface area contributed by atoms with Gasteiger partial charge >= 0.3 is 0 Å². The maximum absolute atomic E-state index is 2.85. The molecule has 2 aliphatic carbocycles. The van der Waals surface area contributed by atoms with E-state index < -0.39 is 0 Å². The molecule has 0 radical (unpaired) electrons. The zero-order valence-corrected chi connectivity index (χ0v) is 43.3. The fourth-order valence-electron chi connectivity index (χ4n) is 15.0. The summed E-state index contributed by atoms with van der Waals surface area (Å²) in [6.07, 6.45) is 10.8. The van der Waals surface area contributed by atoms with E-state index in [1.54, 1.807) is 0 Å². The van der Waals surface area contributed by atoms with Crippen LogP contribution in [0.2, 0.25) is 0 Å². The summed E-state index contributed by atoms with van der Waals surface area (Å²) in [6, 6.07) is 52.6. The highest BCUT2D eigenvalue weighted by atomic mass is 32.1.